The highest BCUT2D eigenvalue weighted by atomic mass is 16.5. The SMILES string of the molecule is CCN(CCO)C(=O)CCOC. The van der Waals surface area contributed by atoms with Crippen LogP contribution in [0.1, 0.15) is 13.3 Å². The molecule has 0 saturated carbocycles. The summed E-state index contributed by atoms with van der Waals surface area (Å²) >= 11 is 0. The number of aliphatic hydroxyl groups is 1. The van der Waals surface area contributed by atoms with E-state index in [2.05, 4.69) is 0 Å². The predicted molar refractivity (Wildman–Crippen MR) is 45.8 cm³/mol. The van der Waals surface area contributed by atoms with Crippen molar-refractivity contribution in [3.63, 3.8) is 0 Å². The fourth-order valence-electron chi connectivity index (χ4n) is 0.927. The smallest absolute Gasteiger partial charge is 0.224 e. The summed E-state index contributed by atoms with van der Waals surface area (Å²) in [5.74, 6) is 0.0356. The van der Waals surface area contributed by atoms with Gasteiger partial charge in [0.05, 0.1) is 19.6 Å². The van der Waals surface area contributed by atoms with Crippen molar-refractivity contribution in [1.29, 1.82) is 0 Å². The third-order valence-electron chi connectivity index (χ3n) is 1.62. The fraction of sp³-hybridized carbons (Fsp3) is 0.875. The zero-order chi connectivity index (χ0) is 9.40. The molecule has 0 aliphatic rings. The van der Waals surface area contributed by atoms with E-state index in [0.29, 0.717) is 26.1 Å². The fourth-order valence-corrected chi connectivity index (χ4v) is 0.927. The Bertz CT molecular complexity index is 127. The molecule has 0 radical (unpaired) electrons. The number of hydrogen-bond donors (Lipinski definition) is 1. The van der Waals surface area contributed by atoms with Crippen molar-refractivity contribution in [2.45, 2.75) is 13.3 Å². The van der Waals surface area contributed by atoms with Crippen LogP contribution in [0.3, 0.4) is 0 Å². The van der Waals surface area contributed by atoms with Gasteiger partial charge in [-0.1, -0.05) is 0 Å². The largest absolute Gasteiger partial charge is 0.395 e. The minimum absolute atomic E-state index is 0.0204. The average Bonchev–Trinajstić information content (AvgIpc) is 2.10. The van der Waals surface area contributed by atoms with Crippen molar-refractivity contribution >= 4 is 5.91 Å². The van der Waals surface area contributed by atoms with Crippen molar-refractivity contribution in [1.82, 2.24) is 4.90 Å². The van der Waals surface area contributed by atoms with Crippen LogP contribution in [-0.4, -0.2) is 49.3 Å². The molecular weight excluding hydrogens is 158 g/mol. The molecule has 0 heterocycles. The topological polar surface area (TPSA) is 49.8 Å². The Morgan fingerprint density at radius 2 is 2.25 bits per heavy atom. The molecule has 0 saturated heterocycles. The summed E-state index contributed by atoms with van der Waals surface area (Å²) in [6.45, 7) is 3.41. The van der Waals surface area contributed by atoms with Crippen LogP contribution in [0.5, 0.6) is 0 Å². The van der Waals surface area contributed by atoms with Crippen LogP contribution >= 0.6 is 0 Å². The maximum Gasteiger partial charge on any atom is 0.224 e. The number of amides is 1. The number of methoxy groups -OCH3 is 1. The summed E-state index contributed by atoms with van der Waals surface area (Å²) in [6.07, 6.45) is 0.393. The molecule has 0 aromatic carbocycles. The second-order valence-corrected chi connectivity index (χ2v) is 2.44. The maximum atomic E-state index is 11.3. The summed E-state index contributed by atoms with van der Waals surface area (Å²) in [6, 6.07) is 0. The monoisotopic (exact) mass is 175 g/mol. The van der Waals surface area contributed by atoms with Gasteiger partial charge in [0.15, 0.2) is 0 Å². The molecule has 0 aliphatic heterocycles. The lowest BCUT2D eigenvalue weighted by Gasteiger charge is -2.19. The minimum Gasteiger partial charge on any atom is -0.395 e. The van der Waals surface area contributed by atoms with E-state index in [0.717, 1.165) is 0 Å². The van der Waals surface area contributed by atoms with Crippen molar-refractivity contribution in [2.75, 3.05) is 33.4 Å². The summed E-state index contributed by atoms with van der Waals surface area (Å²) < 4.78 is 4.78. The van der Waals surface area contributed by atoms with Crippen LogP contribution in [0.15, 0.2) is 0 Å². The molecule has 0 rings (SSSR count). The second kappa shape index (κ2) is 7.06. The Labute approximate surface area is 73.1 Å². The Kier molecular flexibility index (Phi) is 6.70. The van der Waals surface area contributed by atoms with Gasteiger partial charge in [-0.05, 0) is 6.92 Å². The normalized spacial score (nSPS) is 9.92. The number of ether oxygens (including phenoxy) is 1. The molecule has 0 spiro atoms. The van der Waals surface area contributed by atoms with E-state index in [4.69, 9.17) is 9.84 Å². The van der Waals surface area contributed by atoms with Crippen LogP contribution in [0.4, 0.5) is 0 Å². The van der Waals surface area contributed by atoms with Crippen LogP contribution in [0.2, 0.25) is 0 Å². The number of likely N-dealkylation sites (N-methyl/N-ethyl adjacent to an activating group) is 1. The lowest BCUT2D eigenvalue weighted by molar-refractivity contribution is -0.132. The number of carbonyl (C=O) groups excluding carboxylic acids is 1. The van der Waals surface area contributed by atoms with Gasteiger partial charge >= 0.3 is 0 Å². The molecule has 72 valence electrons. The first-order chi connectivity index (χ1) is 5.76. The van der Waals surface area contributed by atoms with Gasteiger partial charge in [0.25, 0.3) is 0 Å². The third kappa shape index (κ3) is 4.31. The average molecular weight is 175 g/mol. The van der Waals surface area contributed by atoms with Crippen molar-refractivity contribution in [2.24, 2.45) is 0 Å². The van der Waals surface area contributed by atoms with Gasteiger partial charge in [-0.25, -0.2) is 0 Å². The summed E-state index contributed by atoms with van der Waals surface area (Å²) in [4.78, 5) is 12.9. The highest BCUT2D eigenvalue weighted by Crippen LogP contribution is 1.93. The number of rotatable bonds is 6. The molecule has 4 nitrogen and oxygen atoms in total. The van der Waals surface area contributed by atoms with Crippen LogP contribution < -0.4 is 0 Å². The first-order valence-electron chi connectivity index (χ1n) is 4.13. The van der Waals surface area contributed by atoms with Gasteiger partial charge < -0.3 is 14.7 Å². The van der Waals surface area contributed by atoms with E-state index in [1.807, 2.05) is 6.92 Å². The third-order valence-corrected chi connectivity index (χ3v) is 1.62. The second-order valence-electron chi connectivity index (χ2n) is 2.44. The molecule has 0 aromatic heterocycles. The molecule has 0 unspecified atom stereocenters. The molecule has 12 heavy (non-hydrogen) atoms. The first-order valence-corrected chi connectivity index (χ1v) is 4.13. The predicted octanol–water partition coefficient (Wildman–Crippen LogP) is -0.136. The number of nitrogens with zero attached hydrogens (tertiary/aromatic N) is 1. The van der Waals surface area contributed by atoms with E-state index in [1.165, 1.54) is 0 Å². The number of carbonyl (C=O) groups is 1. The van der Waals surface area contributed by atoms with Crippen molar-refractivity contribution in [3.8, 4) is 0 Å². The molecule has 0 fully saturated rings. The zero-order valence-corrected chi connectivity index (χ0v) is 7.75. The Hall–Kier alpha value is -0.610. The van der Waals surface area contributed by atoms with Crippen molar-refractivity contribution in [3.05, 3.63) is 0 Å². The molecule has 0 aromatic rings. The Morgan fingerprint density at radius 1 is 1.58 bits per heavy atom. The standard InChI is InChI=1S/C8H17NO3/c1-3-9(5-6-10)8(11)4-7-12-2/h10H,3-7H2,1-2H3. The zero-order valence-electron chi connectivity index (χ0n) is 7.75. The lowest BCUT2D eigenvalue weighted by Crippen LogP contribution is -2.33. The van der Waals surface area contributed by atoms with Crippen molar-refractivity contribution < 1.29 is 14.6 Å². The highest BCUT2D eigenvalue weighted by Gasteiger charge is 2.09. The summed E-state index contributed by atoms with van der Waals surface area (Å²) in [5.41, 5.74) is 0. The van der Waals surface area contributed by atoms with E-state index < -0.39 is 0 Å². The maximum absolute atomic E-state index is 11.3. The highest BCUT2D eigenvalue weighted by molar-refractivity contribution is 5.76. The van der Waals surface area contributed by atoms with E-state index >= 15 is 0 Å². The van der Waals surface area contributed by atoms with Crippen LogP contribution in [-0.2, 0) is 9.53 Å². The number of hydrogen-bond acceptors (Lipinski definition) is 3. The van der Waals surface area contributed by atoms with Gasteiger partial charge in [0, 0.05) is 20.2 Å². The van der Waals surface area contributed by atoms with Gasteiger partial charge in [0.1, 0.15) is 0 Å². The summed E-state index contributed by atoms with van der Waals surface area (Å²) in [5, 5.41) is 8.62. The molecule has 1 N–H and O–H groups in total. The Balaban J connectivity index is 3.69. The van der Waals surface area contributed by atoms with Crippen LogP contribution in [0.25, 0.3) is 0 Å². The molecule has 0 atom stereocenters. The van der Waals surface area contributed by atoms with Gasteiger partial charge in [0.2, 0.25) is 5.91 Å². The molecule has 1 amide bonds. The first kappa shape index (κ1) is 11.4. The quantitative estimate of drug-likeness (QED) is 0.611. The van der Waals surface area contributed by atoms with Gasteiger partial charge in [-0.15, -0.1) is 0 Å². The van der Waals surface area contributed by atoms with E-state index in [9.17, 15) is 4.79 Å². The molecule has 4 heteroatoms. The van der Waals surface area contributed by atoms with E-state index in [-0.39, 0.29) is 12.5 Å². The minimum atomic E-state index is 0.0204. The van der Waals surface area contributed by atoms with Gasteiger partial charge in [-0.3, -0.25) is 4.79 Å². The van der Waals surface area contributed by atoms with Crippen LogP contribution in [0, 0.1) is 0 Å². The van der Waals surface area contributed by atoms with Gasteiger partial charge in [-0.2, -0.15) is 0 Å². The van der Waals surface area contributed by atoms with E-state index in [1.54, 1.807) is 12.0 Å². The summed E-state index contributed by atoms with van der Waals surface area (Å²) in [7, 11) is 1.57. The molecule has 0 bridgehead atoms. The molecular formula is C8H17NO3. The molecule has 0 aliphatic carbocycles. The number of aliphatic hydroxyl groups excluding tert-OH is 1. The lowest BCUT2D eigenvalue weighted by atomic mass is 10.3. The Morgan fingerprint density at radius 3 is 2.67 bits per heavy atom.